The van der Waals surface area contributed by atoms with Crippen molar-refractivity contribution in [1.82, 2.24) is 9.78 Å². The molecule has 6 heteroatoms. The molecule has 0 aliphatic carbocycles. The van der Waals surface area contributed by atoms with Crippen LogP contribution in [0.1, 0.15) is 22.4 Å². The van der Waals surface area contributed by atoms with Crippen LogP contribution < -0.4 is 10.5 Å². The summed E-state index contributed by atoms with van der Waals surface area (Å²) in [6.07, 6.45) is 0.889. The number of halogens is 1. The summed E-state index contributed by atoms with van der Waals surface area (Å²) in [5.41, 5.74) is 5.02. The van der Waals surface area contributed by atoms with Crippen LogP contribution in [0.2, 0.25) is 0 Å². The molecule has 0 saturated carbocycles. The second-order valence-electron chi connectivity index (χ2n) is 8.61. The van der Waals surface area contributed by atoms with Gasteiger partial charge in [-0.1, -0.05) is 42.5 Å². The highest BCUT2D eigenvalue weighted by Crippen LogP contribution is 2.32. The average Bonchev–Trinajstić information content (AvgIpc) is 2.81. The third-order valence-electron chi connectivity index (χ3n) is 5.91. The first kappa shape index (κ1) is 23.2. The molecule has 0 aliphatic rings. The van der Waals surface area contributed by atoms with Crippen LogP contribution in [0.15, 0.2) is 77.6 Å². The second kappa shape index (κ2) is 9.91. The number of aryl methyl sites for hydroxylation is 2. The van der Waals surface area contributed by atoms with E-state index < -0.39 is 0 Å². The summed E-state index contributed by atoms with van der Waals surface area (Å²) < 4.78 is 15.2. The molecule has 0 amide bonds. The van der Waals surface area contributed by atoms with Crippen LogP contribution in [-0.4, -0.2) is 29.0 Å². The number of phenolic OH excluding ortho intramolecular Hbond substituents is 1. The lowest BCUT2D eigenvalue weighted by Gasteiger charge is -2.17. The summed E-state index contributed by atoms with van der Waals surface area (Å²) in [4.78, 5) is 15.7. The number of aromatic hydroxyl groups is 1. The smallest absolute Gasteiger partial charge is 0.270 e. The molecule has 0 aliphatic heterocycles. The van der Waals surface area contributed by atoms with Gasteiger partial charge in [0.15, 0.2) is 0 Å². The van der Waals surface area contributed by atoms with E-state index >= 15 is 0 Å². The van der Waals surface area contributed by atoms with Crippen molar-refractivity contribution in [2.75, 3.05) is 19.0 Å². The number of nitrogens with zero attached hydrogens (tertiary/aromatic N) is 3. The van der Waals surface area contributed by atoms with Crippen LogP contribution in [-0.2, 0) is 19.4 Å². The molecule has 0 atom stereocenters. The largest absolute Gasteiger partial charge is 0.507 e. The zero-order valence-electron chi connectivity index (χ0n) is 19.6. The van der Waals surface area contributed by atoms with Crippen molar-refractivity contribution < 1.29 is 9.50 Å². The summed E-state index contributed by atoms with van der Waals surface area (Å²) in [6, 6.07) is 21.3. The Morgan fingerprint density at radius 1 is 0.941 bits per heavy atom. The van der Waals surface area contributed by atoms with Crippen LogP contribution in [0.4, 0.5) is 10.1 Å². The van der Waals surface area contributed by atoms with Gasteiger partial charge in [-0.25, -0.2) is 9.07 Å². The molecule has 5 nitrogen and oxygen atoms in total. The fourth-order valence-corrected chi connectivity index (χ4v) is 4.21. The Bertz CT molecular complexity index is 1380. The molecule has 0 unspecified atom stereocenters. The van der Waals surface area contributed by atoms with Crippen LogP contribution in [0.5, 0.6) is 5.75 Å². The van der Waals surface area contributed by atoms with Gasteiger partial charge >= 0.3 is 0 Å². The summed E-state index contributed by atoms with van der Waals surface area (Å²) in [5.74, 6) is -0.210. The molecule has 34 heavy (non-hydrogen) atoms. The third kappa shape index (κ3) is 5.01. The Morgan fingerprint density at radius 3 is 2.41 bits per heavy atom. The molecule has 4 rings (SSSR count). The summed E-state index contributed by atoms with van der Waals surface area (Å²) in [5, 5.41) is 15.1. The normalized spacial score (nSPS) is 10.9. The molecule has 4 aromatic rings. The SMILES string of the molecule is Cc1nn(Cc2cccc(N(C)C)c2)c(=O)c(CCc2cccc(F)c2)c1-c1ccccc1O. The maximum atomic E-state index is 13.7. The summed E-state index contributed by atoms with van der Waals surface area (Å²) in [7, 11) is 3.94. The minimum absolute atomic E-state index is 0.0928. The first-order valence-corrected chi connectivity index (χ1v) is 11.2. The predicted octanol–water partition coefficient (Wildman–Crippen LogP) is 4.96. The van der Waals surface area contributed by atoms with Crippen molar-refractivity contribution in [2.45, 2.75) is 26.3 Å². The summed E-state index contributed by atoms with van der Waals surface area (Å²) >= 11 is 0. The van der Waals surface area contributed by atoms with Crippen LogP contribution in [0.3, 0.4) is 0 Å². The van der Waals surface area contributed by atoms with E-state index in [2.05, 4.69) is 5.10 Å². The molecule has 174 valence electrons. The zero-order chi connectivity index (χ0) is 24.2. The van der Waals surface area contributed by atoms with Crippen molar-refractivity contribution in [3.63, 3.8) is 0 Å². The van der Waals surface area contributed by atoms with E-state index in [4.69, 9.17) is 0 Å². The zero-order valence-corrected chi connectivity index (χ0v) is 19.6. The Balaban J connectivity index is 1.80. The van der Waals surface area contributed by atoms with Gasteiger partial charge in [-0.2, -0.15) is 5.10 Å². The molecular weight excluding hydrogens is 429 g/mol. The first-order valence-electron chi connectivity index (χ1n) is 11.2. The number of benzene rings is 3. The lowest BCUT2D eigenvalue weighted by molar-refractivity contribution is 0.477. The molecular formula is C28H28FN3O2. The van der Waals surface area contributed by atoms with Gasteiger partial charge < -0.3 is 10.0 Å². The Kier molecular flexibility index (Phi) is 6.77. The number of anilines is 1. The van der Waals surface area contributed by atoms with Crippen LogP contribution >= 0.6 is 0 Å². The van der Waals surface area contributed by atoms with Gasteiger partial charge in [0.25, 0.3) is 5.56 Å². The highest BCUT2D eigenvalue weighted by molar-refractivity contribution is 5.74. The van der Waals surface area contributed by atoms with E-state index in [1.807, 2.05) is 62.3 Å². The quantitative estimate of drug-likeness (QED) is 0.426. The lowest BCUT2D eigenvalue weighted by atomic mass is 9.94. The van der Waals surface area contributed by atoms with Crippen molar-refractivity contribution in [2.24, 2.45) is 0 Å². The standard InChI is InChI=1S/C28H28FN3O2/c1-19-27(24-12-4-5-13-26(24)33)25(15-14-20-8-6-10-22(29)16-20)28(34)32(30-19)18-21-9-7-11-23(17-21)31(2)3/h4-13,16-17,33H,14-15,18H2,1-3H3. The van der Waals surface area contributed by atoms with Crippen molar-refractivity contribution in [1.29, 1.82) is 0 Å². The number of hydrogen-bond acceptors (Lipinski definition) is 4. The minimum atomic E-state index is -0.303. The number of para-hydroxylation sites is 1. The van der Waals surface area contributed by atoms with Gasteiger partial charge in [-0.3, -0.25) is 4.79 Å². The van der Waals surface area contributed by atoms with E-state index in [1.54, 1.807) is 24.3 Å². The van der Waals surface area contributed by atoms with Crippen molar-refractivity contribution in [3.8, 4) is 16.9 Å². The maximum absolute atomic E-state index is 13.7. The Labute approximate surface area is 198 Å². The monoisotopic (exact) mass is 457 g/mol. The van der Waals surface area contributed by atoms with Gasteiger partial charge in [0.2, 0.25) is 0 Å². The van der Waals surface area contributed by atoms with E-state index in [0.717, 1.165) is 16.8 Å². The fourth-order valence-electron chi connectivity index (χ4n) is 4.21. The number of hydrogen-bond donors (Lipinski definition) is 1. The van der Waals surface area contributed by atoms with E-state index in [1.165, 1.54) is 16.8 Å². The second-order valence-corrected chi connectivity index (χ2v) is 8.61. The Hall–Kier alpha value is -3.93. The minimum Gasteiger partial charge on any atom is -0.507 e. The molecule has 3 aromatic carbocycles. The molecule has 1 aromatic heterocycles. The van der Waals surface area contributed by atoms with E-state index in [-0.39, 0.29) is 17.1 Å². The number of aromatic nitrogens is 2. The molecule has 1 N–H and O–H groups in total. The van der Waals surface area contributed by atoms with Crippen LogP contribution in [0, 0.1) is 12.7 Å². The number of phenols is 1. The Morgan fingerprint density at radius 2 is 1.68 bits per heavy atom. The molecule has 0 spiro atoms. The lowest BCUT2D eigenvalue weighted by Crippen LogP contribution is -2.29. The number of rotatable bonds is 7. The van der Waals surface area contributed by atoms with Gasteiger partial charge in [0.1, 0.15) is 11.6 Å². The first-order chi connectivity index (χ1) is 16.3. The third-order valence-corrected chi connectivity index (χ3v) is 5.91. The van der Waals surface area contributed by atoms with Gasteiger partial charge in [-0.15, -0.1) is 0 Å². The average molecular weight is 458 g/mol. The van der Waals surface area contributed by atoms with Crippen molar-refractivity contribution in [3.05, 3.63) is 111 Å². The van der Waals surface area contributed by atoms with Gasteiger partial charge in [-0.05, 0) is 61.2 Å². The molecule has 0 saturated heterocycles. The highest BCUT2D eigenvalue weighted by Gasteiger charge is 2.19. The van der Waals surface area contributed by atoms with Gasteiger partial charge in [0, 0.05) is 36.5 Å². The molecule has 0 radical (unpaired) electrons. The van der Waals surface area contributed by atoms with Crippen LogP contribution in [0.25, 0.3) is 11.1 Å². The van der Waals surface area contributed by atoms with E-state index in [9.17, 15) is 14.3 Å². The highest BCUT2D eigenvalue weighted by atomic mass is 19.1. The maximum Gasteiger partial charge on any atom is 0.270 e. The topological polar surface area (TPSA) is 58.4 Å². The fraction of sp³-hybridized carbons (Fsp3) is 0.214. The molecule has 0 bridgehead atoms. The van der Waals surface area contributed by atoms with Gasteiger partial charge in [0.05, 0.1) is 12.2 Å². The van der Waals surface area contributed by atoms with E-state index in [0.29, 0.717) is 41.8 Å². The molecule has 1 heterocycles. The van der Waals surface area contributed by atoms with Crippen molar-refractivity contribution >= 4 is 5.69 Å². The molecule has 0 fully saturated rings. The summed E-state index contributed by atoms with van der Waals surface area (Å²) in [6.45, 7) is 2.18. The predicted molar refractivity (Wildman–Crippen MR) is 134 cm³/mol.